The summed E-state index contributed by atoms with van der Waals surface area (Å²) in [4.78, 5) is 0. The van der Waals surface area contributed by atoms with E-state index in [4.69, 9.17) is 0 Å². The van der Waals surface area contributed by atoms with E-state index >= 15 is 0 Å². The minimum Gasteiger partial charge on any atom is -0.339 e. The number of fused-ring (bicyclic) bond motifs is 1. The largest absolute Gasteiger partial charge is 0.339 e. The second kappa shape index (κ2) is 5.17. The normalized spacial score (nSPS) is 18.4. The maximum absolute atomic E-state index is 4.41. The zero-order chi connectivity index (χ0) is 13.4. The molecule has 1 aromatic carbocycles. The van der Waals surface area contributed by atoms with Crippen molar-refractivity contribution in [2.45, 2.75) is 43.1 Å². The first-order chi connectivity index (χ1) is 9.88. The second-order valence-corrected chi connectivity index (χ2v) is 6.78. The summed E-state index contributed by atoms with van der Waals surface area (Å²) in [6.45, 7) is 0. The lowest BCUT2D eigenvalue weighted by Gasteiger charge is -2.05. The topological polar surface area (TPSA) is 40.7 Å². The predicted octanol–water partition coefficient (Wildman–Crippen LogP) is 4.56. The average Bonchev–Trinajstić information content (AvgIpc) is 3.19. The van der Waals surface area contributed by atoms with Gasteiger partial charge in [0, 0.05) is 34.9 Å². The number of nitrogens with one attached hydrogen (secondary N) is 2. The Hall–Kier alpha value is -1.42. The number of nitrogens with zero attached hydrogens (tertiary/aromatic N) is 1. The van der Waals surface area contributed by atoms with E-state index in [1.54, 1.807) is 0 Å². The van der Waals surface area contributed by atoms with Crippen LogP contribution in [0.4, 0.5) is 11.5 Å². The molecule has 20 heavy (non-hydrogen) atoms. The van der Waals surface area contributed by atoms with Crippen LogP contribution in [0.2, 0.25) is 0 Å². The Morgan fingerprint density at radius 1 is 1.10 bits per heavy atom. The molecule has 1 aliphatic heterocycles. The molecule has 2 aliphatic rings. The summed E-state index contributed by atoms with van der Waals surface area (Å²) < 4.78 is 0. The molecule has 1 aromatic heterocycles. The van der Waals surface area contributed by atoms with Crippen molar-refractivity contribution in [1.29, 1.82) is 0 Å². The number of aromatic amines is 1. The molecule has 0 radical (unpaired) electrons. The lowest BCUT2D eigenvalue weighted by molar-refractivity contribution is 0.693. The fourth-order valence-corrected chi connectivity index (χ4v) is 4.34. The van der Waals surface area contributed by atoms with Gasteiger partial charge in [-0.3, -0.25) is 5.10 Å². The SMILES string of the molecule is c1cc2c(cc1Nc1cc(C3CCCC3)[nH]n1)CSC2. The highest BCUT2D eigenvalue weighted by Gasteiger charge is 2.19. The number of aromatic nitrogens is 2. The Bertz CT molecular complexity index is 614. The van der Waals surface area contributed by atoms with Gasteiger partial charge in [0.15, 0.2) is 5.82 Å². The number of hydrogen-bond acceptors (Lipinski definition) is 3. The summed E-state index contributed by atoms with van der Waals surface area (Å²) >= 11 is 1.99. The van der Waals surface area contributed by atoms with E-state index in [1.165, 1.54) is 42.5 Å². The summed E-state index contributed by atoms with van der Waals surface area (Å²) in [5, 5.41) is 11.0. The number of rotatable bonds is 3. The predicted molar refractivity (Wildman–Crippen MR) is 84.5 cm³/mol. The van der Waals surface area contributed by atoms with Gasteiger partial charge in [0.05, 0.1) is 0 Å². The molecule has 0 saturated heterocycles. The van der Waals surface area contributed by atoms with Gasteiger partial charge in [-0.05, 0) is 36.1 Å². The van der Waals surface area contributed by atoms with Crippen LogP contribution in [0.15, 0.2) is 24.3 Å². The molecule has 0 unspecified atom stereocenters. The fraction of sp³-hybridized carbons (Fsp3) is 0.438. The Morgan fingerprint density at radius 2 is 1.95 bits per heavy atom. The van der Waals surface area contributed by atoms with Crippen molar-refractivity contribution in [2.24, 2.45) is 0 Å². The second-order valence-electron chi connectivity index (χ2n) is 5.79. The van der Waals surface area contributed by atoms with E-state index in [0.29, 0.717) is 5.92 Å². The van der Waals surface area contributed by atoms with Crippen LogP contribution in [-0.4, -0.2) is 10.2 Å². The number of benzene rings is 1. The zero-order valence-corrected chi connectivity index (χ0v) is 12.3. The van der Waals surface area contributed by atoms with Gasteiger partial charge >= 0.3 is 0 Å². The van der Waals surface area contributed by atoms with Gasteiger partial charge in [0.2, 0.25) is 0 Å². The Morgan fingerprint density at radius 3 is 2.85 bits per heavy atom. The number of H-pyrrole nitrogens is 1. The van der Waals surface area contributed by atoms with Crippen molar-refractivity contribution < 1.29 is 0 Å². The van der Waals surface area contributed by atoms with E-state index in [0.717, 1.165) is 23.0 Å². The molecular weight excluding hydrogens is 266 g/mol. The van der Waals surface area contributed by atoms with Crippen LogP contribution < -0.4 is 5.32 Å². The lowest BCUT2D eigenvalue weighted by Crippen LogP contribution is -1.92. The quantitative estimate of drug-likeness (QED) is 0.868. The molecule has 1 saturated carbocycles. The first-order valence-corrected chi connectivity index (χ1v) is 8.56. The Balaban J connectivity index is 1.51. The van der Waals surface area contributed by atoms with Crippen molar-refractivity contribution in [3.05, 3.63) is 41.1 Å². The van der Waals surface area contributed by atoms with Gasteiger partial charge in [-0.1, -0.05) is 18.9 Å². The number of hydrogen-bond donors (Lipinski definition) is 2. The summed E-state index contributed by atoms with van der Waals surface area (Å²) in [7, 11) is 0. The van der Waals surface area contributed by atoms with E-state index < -0.39 is 0 Å². The Labute approximate surface area is 123 Å². The smallest absolute Gasteiger partial charge is 0.152 e. The van der Waals surface area contributed by atoms with Gasteiger partial charge in [-0.25, -0.2) is 0 Å². The molecule has 2 aromatic rings. The van der Waals surface area contributed by atoms with Crippen molar-refractivity contribution in [3.8, 4) is 0 Å². The molecular formula is C16H19N3S. The van der Waals surface area contributed by atoms with Gasteiger partial charge in [-0.15, -0.1) is 0 Å². The third-order valence-corrected chi connectivity index (χ3v) is 5.42. The molecule has 0 bridgehead atoms. The minimum absolute atomic E-state index is 0.689. The molecule has 1 fully saturated rings. The van der Waals surface area contributed by atoms with Crippen molar-refractivity contribution in [2.75, 3.05) is 5.32 Å². The minimum atomic E-state index is 0.689. The molecule has 0 amide bonds. The molecule has 1 aliphatic carbocycles. The van der Waals surface area contributed by atoms with Crippen LogP contribution in [0, 0.1) is 0 Å². The molecule has 0 atom stereocenters. The van der Waals surface area contributed by atoms with Crippen LogP contribution in [0.25, 0.3) is 0 Å². The van der Waals surface area contributed by atoms with Crippen LogP contribution in [-0.2, 0) is 11.5 Å². The molecule has 4 rings (SSSR count). The highest BCUT2D eigenvalue weighted by Crippen LogP contribution is 2.35. The standard InChI is InChI=1S/C16H19N3S/c1-2-4-11(3-1)15-8-16(19-18-15)17-14-6-5-12-9-20-10-13(12)7-14/h5-8,11H,1-4,9-10H2,(H2,17,18,19). The first-order valence-electron chi connectivity index (χ1n) is 7.40. The van der Waals surface area contributed by atoms with E-state index in [9.17, 15) is 0 Å². The highest BCUT2D eigenvalue weighted by atomic mass is 32.2. The zero-order valence-electron chi connectivity index (χ0n) is 11.5. The molecule has 104 valence electrons. The molecule has 3 nitrogen and oxygen atoms in total. The molecule has 2 heterocycles. The molecule has 2 N–H and O–H groups in total. The molecule has 0 spiro atoms. The van der Waals surface area contributed by atoms with Crippen molar-refractivity contribution in [3.63, 3.8) is 0 Å². The maximum atomic E-state index is 4.41. The lowest BCUT2D eigenvalue weighted by atomic mass is 10.0. The summed E-state index contributed by atoms with van der Waals surface area (Å²) in [6, 6.07) is 8.84. The van der Waals surface area contributed by atoms with Crippen molar-refractivity contribution >= 4 is 23.3 Å². The van der Waals surface area contributed by atoms with Gasteiger partial charge in [-0.2, -0.15) is 16.9 Å². The van der Waals surface area contributed by atoms with Gasteiger partial charge < -0.3 is 5.32 Å². The number of anilines is 2. The van der Waals surface area contributed by atoms with Crippen molar-refractivity contribution in [1.82, 2.24) is 10.2 Å². The fourth-order valence-electron chi connectivity index (χ4n) is 3.24. The van der Waals surface area contributed by atoms with Gasteiger partial charge in [0.1, 0.15) is 0 Å². The van der Waals surface area contributed by atoms with E-state index in [-0.39, 0.29) is 0 Å². The Kier molecular flexibility index (Phi) is 3.19. The van der Waals surface area contributed by atoms with Crippen LogP contribution >= 0.6 is 11.8 Å². The van der Waals surface area contributed by atoms with E-state index in [1.807, 2.05) is 11.8 Å². The first kappa shape index (κ1) is 12.3. The summed E-state index contributed by atoms with van der Waals surface area (Å²) in [5.74, 6) is 3.93. The summed E-state index contributed by atoms with van der Waals surface area (Å²) in [6.07, 6.45) is 5.32. The third kappa shape index (κ3) is 2.33. The monoisotopic (exact) mass is 285 g/mol. The maximum Gasteiger partial charge on any atom is 0.152 e. The van der Waals surface area contributed by atoms with Gasteiger partial charge in [0.25, 0.3) is 0 Å². The average molecular weight is 285 g/mol. The summed E-state index contributed by atoms with van der Waals surface area (Å²) in [5.41, 5.74) is 5.39. The van der Waals surface area contributed by atoms with Crippen LogP contribution in [0.3, 0.4) is 0 Å². The van der Waals surface area contributed by atoms with Crippen LogP contribution in [0.5, 0.6) is 0 Å². The number of thioether (sulfide) groups is 1. The molecule has 4 heteroatoms. The third-order valence-electron chi connectivity index (χ3n) is 4.39. The van der Waals surface area contributed by atoms with E-state index in [2.05, 4.69) is 39.8 Å². The van der Waals surface area contributed by atoms with Crippen LogP contribution in [0.1, 0.15) is 48.4 Å². The highest BCUT2D eigenvalue weighted by molar-refractivity contribution is 7.98.